The van der Waals surface area contributed by atoms with Crippen molar-refractivity contribution in [2.24, 2.45) is 7.05 Å². The van der Waals surface area contributed by atoms with E-state index in [9.17, 15) is 18.4 Å². The Bertz CT molecular complexity index is 1020. The van der Waals surface area contributed by atoms with E-state index < -0.39 is 11.7 Å². The molecule has 0 aliphatic rings. The molecule has 1 N–H and O–H groups in total. The van der Waals surface area contributed by atoms with Crippen LogP contribution in [0.4, 0.5) is 13.2 Å². The van der Waals surface area contributed by atoms with Crippen LogP contribution in [-0.4, -0.2) is 32.9 Å². The van der Waals surface area contributed by atoms with Crippen LogP contribution in [0.1, 0.15) is 17.7 Å². The minimum absolute atomic E-state index is 0.0310. The zero-order valence-corrected chi connectivity index (χ0v) is 14.3. The highest BCUT2D eigenvalue weighted by atomic mass is 19.4. The Morgan fingerprint density at radius 3 is 2.74 bits per heavy atom. The van der Waals surface area contributed by atoms with Crippen molar-refractivity contribution >= 4 is 11.0 Å². The lowest BCUT2D eigenvalue weighted by molar-refractivity contribution is -0.138. The van der Waals surface area contributed by atoms with Gasteiger partial charge in [-0.3, -0.25) is 0 Å². The number of nitriles is 1. The maximum Gasteiger partial charge on any atom is 0.419 e. The van der Waals surface area contributed by atoms with Gasteiger partial charge in [0.1, 0.15) is 17.3 Å². The fraction of sp³-hybridized carbons (Fsp3) is 0.278. The van der Waals surface area contributed by atoms with Gasteiger partial charge in [-0.15, -0.1) is 0 Å². The number of aliphatic hydroxyl groups is 1. The zero-order valence-electron chi connectivity index (χ0n) is 14.3. The first kappa shape index (κ1) is 18.7. The number of hydrogen-bond donors (Lipinski definition) is 1. The molecule has 3 aromatic rings. The minimum atomic E-state index is -4.63. The number of hydrogen-bond acceptors (Lipinski definition) is 5. The molecular formula is C18H15F3N4O2. The van der Waals surface area contributed by atoms with E-state index in [4.69, 9.17) is 9.84 Å². The van der Waals surface area contributed by atoms with Crippen LogP contribution in [0.2, 0.25) is 0 Å². The lowest BCUT2D eigenvalue weighted by Gasteiger charge is -2.15. The van der Waals surface area contributed by atoms with Crippen molar-refractivity contribution in [2.45, 2.75) is 12.6 Å². The van der Waals surface area contributed by atoms with E-state index in [1.807, 2.05) is 6.07 Å². The molecule has 0 atom stereocenters. The number of ether oxygens (including phenoxy) is 1. The first-order chi connectivity index (χ1) is 12.8. The first-order valence-corrected chi connectivity index (χ1v) is 8.02. The van der Waals surface area contributed by atoms with E-state index in [1.165, 1.54) is 18.5 Å². The maximum atomic E-state index is 13.4. The normalized spacial score (nSPS) is 11.6. The van der Waals surface area contributed by atoms with E-state index in [2.05, 4.69) is 9.97 Å². The summed E-state index contributed by atoms with van der Waals surface area (Å²) in [5.41, 5.74) is 0.520. The topological polar surface area (TPSA) is 84.0 Å². The van der Waals surface area contributed by atoms with Crippen molar-refractivity contribution in [3.63, 3.8) is 0 Å². The van der Waals surface area contributed by atoms with Gasteiger partial charge in [-0.05, 0) is 24.3 Å². The number of aryl methyl sites for hydroxylation is 1. The lowest BCUT2D eigenvalue weighted by Crippen LogP contribution is -2.10. The van der Waals surface area contributed by atoms with Gasteiger partial charge in [-0.2, -0.15) is 18.4 Å². The number of halogens is 3. The molecule has 0 saturated heterocycles. The number of nitrogens with zero attached hydrogens (tertiary/aromatic N) is 4. The Morgan fingerprint density at radius 2 is 2.07 bits per heavy atom. The summed E-state index contributed by atoms with van der Waals surface area (Å²) in [6.07, 6.45) is -2.89. The third-order valence-electron chi connectivity index (χ3n) is 3.96. The molecule has 0 aliphatic carbocycles. The quantitative estimate of drug-likeness (QED) is 0.691. The molecule has 27 heavy (non-hydrogen) atoms. The zero-order chi connectivity index (χ0) is 19.6. The van der Waals surface area contributed by atoms with Crippen molar-refractivity contribution in [2.75, 3.05) is 13.2 Å². The maximum absolute atomic E-state index is 13.4. The Kier molecular flexibility index (Phi) is 5.01. The molecule has 0 radical (unpaired) electrons. The molecule has 2 heterocycles. The van der Waals surface area contributed by atoms with Crippen molar-refractivity contribution in [1.29, 1.82) is 5.26 Å². The second-order valence-corrected chi connectivity index (χ2v) is 5.83. The number of fused-ring (bicyclic) bond motifs is 1. The van der Waals surface area contributed by atoms with Gasteiger partial charge in [-0.25, -0.2) is 9.97 Å². The third kappa shape index (κ3) is 3.71. The van der Waals surface area contributed by atoms with Gasteiger partial charge in [-0.1, -0.05) is 0 Å². The largest absolute Gasteiger partial charge is 0.493 e. The van der Waals surface area contributed by atoms with E-state index in [-0.39, 0.29) is 42.3 Å². The molecule has 0 saturated carbocycles. The summed E-state index contributed by atoms with van der Waals surface area (Å²) in [4.78, 5) is 8.25. The van der Waals surface area contributed by atoms with Gasteiger partial charge >= 0.3 is 6.18 Å². The van der Waals surface area contributed by atoms with E-state index in [0.717, 1.165) is 6.07 Å². The van der Waals surface area contributed by atoms with Gasteiger partial charge in [0.05, 0.1) is 29.7 Å². The van der Waals surface area contributed by atoms with Crippen LogP contribution in [-0.2, 0) is 13.2 Å². The molecule has 0 aliphatic heterocycles. The molecule has 6 nitrogen and oxygen atoms in total. The van der Waals surface area contributed by atoms with Crippen molar-refractivity contribution in [3.8, 4) is 23.1 Å². The molecular weight excluding hydrogens is 361 g/mol. The summed E-state index contributed by atoms with van der Waals surface area (Å²) in [5, 5.41) is 18.0. The Hall–Kier alpha value is -3.12. The molecule has 3 rings (SSSR count). The standard InChI is InChI=1S/C18H15F3N4O2/c1-25-10-23-17-14(9-22)24-13(8-15(17)25)11-3-4-16(27-6-2-5-26)12(7-11)18(19,20)21/h3-4,7-8,10,26H,2,5-6H2,1H3. The Labute approximate surface area is 152 Å². The summed E-state index contributed by atoms with van der Waals surface area (Å²) in [5.74, 6) is -0.318. The lowest BCUT2D eigenvalue weighted by atomic mass is 10.1. The summed E-state index contributed by atoms with van der Waals surface area (Å²) in [6, 6.07) is 7.13. The van der Waals surface area contributed by atoms with Gasteiger partial charge in [0.15, 0.2) is 5.69 Å². The fourth-order valence-electron chi connectivity index (χ4n) is 2.64. The number of aliphatic hydroxyl groups excluding tert-OH is 1. The molecule has 0 spiro atoms. The molecule has 0 amide bonds. The van der Waals surface area contributed by atoms with Crippen LogP contribution >= 0.6 is 0 Å². The van der Waals surface area contributed by atoms with E-state index in [0.29, 0.717) is 11.0 Å². The van der Waals surface area contributed by atoms with Crippen LogP contribution in [0.3, 0.4) is 0 Å². The smallest absolute Gasteiger partial charge is 0.419 e. The first-order valence-electron chi connectivity index (χ1n) is 8.02. The fourth-order valence-corrected chi connectivity index (χ4v) is 2.64. The highest BCUT2D eigenvalue weighted by molar-refractivity contribution is 5.84. The molecule has 0 unspecified atom stereocenters. The third-order valence-corrected chi connectivity index (χ3v) is 3.96. The molecule has 2 aromatic heterocycles. The summed E-state index contributed by atoms with van der Waals surface area (Å²) in [7, 11) is 1.72. The van der Waals surface area contributed by atoms with E-state index in [1.54, 1.807) is 17.7 Å². The van der Waals surface area contributed by atoms with Gasteiger partial charge < -0.3 is 14.4 Å². The predicted octanol–water partition coefficient (Wildman–Crippen LogP) is 3.29. The van der Waals surface area contributed by atoms with Crippen LogP contribution in [0, 0.1) is 11.3 Å². The molecule has 0 bridgehead atoms. The van der Waals surface area contributed by atoms with E-state index >= 15 is 0 Å². The number of rotatable bonds is 5. The SMILES string of the molecule is Cn1cnc2c(C#N)nc(-c3ccc(OCCCO)c(C(F)(F)F)c3)cc21. The van der Waals surface area contributed by atoms with Crippen LogP contribution in [0.25, 0.3) is 22.3 Å². The number of aromatic nitrogens is 3. The van der Waals surface area contributed by atoms with Gasteiger partial charge in [0, 0.05) is 25.6 Å². The second-order valence-electron chi connectivity index (χ2n) is 5.83. The Balaban J connectivity index is 2.11. The highest BCUT2D eigenvalue weighted by Gasteiger charge is 2.35. The summed E-state index contributed by atoms with van der Waals surface area (Å²) < 4.78 is 47.2. The minimum Gasteiger partial charge on any atom is -0.493 e. The van der Waals surface area contributed by atoms with Crippen LogP contribution in [0.15, 0.2) is 30.6 Å². The summed E-state index contributed by atoms with van der Waals surface area (Å²) >= 11 is 0. The molecule has 0 fully saturated rings. The highest BCUT2D eigenvalue weighted by Crippen LogP contribution is 2.39. The Morgan fingerprint density at radius 1 is 1.30 bits per heavy atom. The van der Waals surface area contributed by atoms with Crippen molar-refractivity contribution in [1.82, 2.24) is 14.5 Å². The number of benzene rings is 1. The molecule has 140 valence electrons. The number of alkyl halides is 3. The average molecular weight is 376 g/mol. The van der Waals surface area contributed by atoms with Crippen molar-refractivity contribution < 1.29 is 23.0 Å². The summed E-state index contributed by atoms with van der Waals surface area (Å²) in [6.45, 7) is -0.207. The van der Waals surface area contributed by atoms with Gasteiger partial charge in [0.2, 0.25) is 0 Å². The second kappa shape index (κ2) is 7.25. The van der Waals surface area contributed by atoms with Crippen LogP contribution < -0.4 is 4.74 Å². The van der Waals surface area contributed by atoms with Crippen molar-refractivity contribution in [3.05, 3.63) is 41.9 Å². The monoisotopic (exact) mass is 376 g/mol. The van der Waals surface area contributed by atoms with Gasteiger partial charge in [0.25, 0.3) is 0 Å². The molecule has 1 aromatic carbocycles. The van der Waals surface area contributed by atoms with Crippen LogP contribution in [0.5, 0.6) is 5.75 Å². The number of pyridine rings is 1. The number of imidazole rings is 1. The predicted molar refractivity (Wildman–Crippen MR) is 90.9 cm³/mol. The molecule has 9 heteroatoms. The average Bonchev–Trinajstić information content (AvgIpc) is 3.01.